The van der Waals surface area contributed by atoms with Crippen LogP contribution >= 0.6 is 0 Å². The van der Waals surface area contributed by atoms with Crippen LogP contribution in [0.15, 0.2) is 0 Å². The monoisotopic (exact) mass is 338 g/mol. The molecule has 0 heterocycles. The van der Waals surface area contributed by atoms with Crippen molar-refractivity contribution in [2.45, 2.75) is 6.92 Å². The minimum Gasteiger partial charge on any atom is -0.255 e. The van der Waals surface area contributed by atoms with Gasteiger partial charge >= 0.3 is 0 Å². The molecule has 0 radical (unpaired) electrons. The third-order valence-electron chi connectivity index (χ3n) is 0.124. The zero-order valence-corrected chi connectivity index (χ0v) is 10.5. The maximum absolute atomic E-state index is 10.3. The fourth-order valence-corrected chi connectivity index (χ4v) is 0. The zero-order valence-electron chi connectivity index (χ0n) is 10.5. The molecular formula is C7H16F10O3. The van der Waals surface area contributed by atoms with Gasteiger partial charge in [0.05, 0.1) is 13.9 Å². The average molecular weight is 338 g/mol. The van der Waals surface area contributed by atoms with Crippen molar-refractivity contribution in [2.24, 2.45) is 0 Å². The standard InChI is InChI=1S/C2H5F.3CH2F2O.CH2F2.CH3F/c1-2-3;3*2-1-4-3;2-1-3;1-2/h2H2,1H3;3*1H2;1H2;1H3. The number of rotatable bonds is 3. The molecule has 0 fully saturated rings. The van der Waals surface area contributed by atoms with Crippen molar-refractivity contribution >= 4 is 0 Å². The first-order valence-electron chi connectivity index (χ1n) is 4.02. The first kappa shape index (κ1) is 36.5. The molecule has 0 atom stereocenters. The molecule has 3 nitrogen and oxygen atoms in total. The molecule has 0 aliphatic carbocycles. The van der Waals surface area contributed by atoms with Gasteiger partial charge in [-0.15, -0.1) is 0 Å². The molecule has 0 bridgehead atoms. The van der Waals surface area contributed by atoms with E-state index in [1.165, 1.54) is 6.92 Å². The molecule has 20 heavy (non-hydrogen) atoms. The number of halogens is 10. The van der Waals surface area contributed by atoms with Crippen LogP contribution in [0, 0.1) is 0 Å². The van der Waals surface area contributed by atoms with Crippen LogP contribution in [0.5, 0.6) is 0 Å². The van der Waals surface area contributed by atoms with Crippen molar-refractivity contribution in [3.05, 3.63) is 0 Å². The van der Waals surface area contributed by atoms with Crippen molar-refractivity contribution in [3.63, 3.8) is 0 Å². The summed E-state index contributed by atoms with van der Waals surface area (Å²) >= 11 is 0. The highest BCUT2D eigenvalue weighted by molar-refractivity contribution is 3.86. The number of hydrogen-bond acceptors (Lipinski definition) is 3. The third-order valence-corrected chi connectivity index (χ3v) is 0.124. The van der Waals surface area contributed by atoms with E-state index in [1.54, 1.807) is 0 Å². The average Bonchev–Trinajstić information content (AvgIpc) is 2.51. The Morgan fingerprint density at radius 2 is 0.650 bits per heavy atom. The van der Waals surface area contributed by atoms with Crippen molar-refractivity contribution in [3.8, 4) is 0 Å². The quantitative estimate of drug-likeness (QED) is 0.686. The Morgan fingerprint density at radius 1 is 0.600 bits per heavy atom. The second-order valence-corrected chi connectivity index (χ2v) is 1.02. The Kier molecular flexibility index (Phi) is 190. The van der Waals surface area contributed by atoms with Crippen molar-refractivity contribution in [1.82, 2.24) is 0 Å². The first-order chi connectivity index (χ1) is 9.57. The normalized spacial score (nSPS) is 6.60. The molecule has 0 saturated heterocycles. The highest BCUT2D eigenvalue weighted by Crippen LogP contribution is 1.68. The molecule has 0 rings (SSSR count). The van der Waals surface area contributed by atoms with Gasteiger partial charge in [-0.2, -0.15) is 14.8 Å². The van der Waals surface area contributed by atoms with Gasteiger partial charge in [0, 0.05) is 0 Å². The lowest BCUT2D eigenvalue weighted by Gasteiger charge is -1.64. The summed E-state index contributed by atoms with van der Waals surface area (Å²) in [6.07, 6.45) is 0. The van der Waals surface area contributed by atoms with E-state index in [0.717, 1.165) is 0 Å². The van der Waals surface area contributed by atoms with Gasteiger partial charge in [0.25, 0.3) is 0 Å². The molecule has 0 aromatic heterocycles. The van der Waals surface area contributed by atoms with E-state index in [1.807, 2.05) is 0 Å². The largest absolute Gasteiger partial charge is 0.255 e. The summed E-state index contributed by atoms with van der Waals surface area (Å²) in [5.74, 6) is 0. The lowest BCUT2D eigenvalue weighted by atomic mass is 10.9. The minimum absolute atomic E-state index is 0.250. The summed E-state index contributed by atoms with van der Waals surface area (Å²) < 4.78 is 99.0. The third kappa shape index (κ3) is 946. The smallest absolute Gasteiger partial charge is 0.229 e. The van der Waals surface area contributed by atoms with Crippen molar-refractivity contribution in [2.75, 3.05) is 41.4 Å². The Labute approximate surface area is 109 Å². The minimum atomic E-state index is -1.75. The summed E-state index contributed by atoms with van der Waals surface area (Å²) in [7, 11) is 0.500. The van der Waals surface area contributed by atoms with E-state index in [2.05, 4.69) is 14.8 Å². The summed E-state index contributed by atoms with van der Waals surface area (Å²) in [6, 6.07) is 0. The van der Waals surface area contributed by atoms with Crippen molar-refractivity contribution < 1.29 is 59.1 Å². The van der Waals surface area contributed by atoms with E-state index >= 15 is 0 Å². The van der Waals surface area contributed by atoms with Gasteiger partial charge in [0.2, 0.25) is 27.5 Å². The summed E-state index contributed by atoms with van der Waals surface area (Å²) in [4.78, 5) is 7.12. The summed E-state index contributed by atoms with van der Waals surface area (Å²) in [5, 5.41) is 0. The van der Waals surface area contributed by atoms with Gasteiger partial charge in [0.1, 0.15) is 0 Å². The fourth-order valence-electron chi connectivity index (χ4n) is 0. The molecule has 0 spiro atoms. The van der Waals surface area contributed by atoms with E-state index in [-0.39, 0.29) is 6.67 Å². The lowest BCUT2D eigenvalue weighted by Crippen LogP contribution is -1.63. The molecule has 0 aromatic carbocycles. The second kappa shape index (κ2) is 104. The van der Waals surface area contributed by atoms with Crippen LogP contribution < -0.4 is 0 Å². The van der Waals surface area contributed by atoms with Crippen LogP contribution in [0.4, 0.5) is 44.3 Å². The Balaban J connectivity index is -0.0000000299. The van der Waals surface area contributed by atoms with Gasteiger partial charge in [-0.3, -0.25) is 8.78 Å². The lowest BCUT2D eigenvalue weighted by molar-refractivity contribution is -0.167. The predicted molar refractivity (Wildman–Crippen MR) is 50.3 cm³/mol. The van der Waals surface area contributed by atoms with E-state index < -0.39 is 27.5 Å². The summed E-state index contributed by atoms with van der Waals surface area (Å²) in [5.41, 5.74) is 0. The maximum Gasteiger partial charge on any atom is 0.229 e. The predicted octanol–water partition coefficient (Wildman–Crippen LogP) is 4.89. The molecule has 0 amide bonds. The van der Waals surface area contributed by atoms with E-state index in [4.69, 9.17) is 0 Å². The molecule has 132 valence electrons. The zero-order chi connectivity index (χ0) is 17.7. The van der Waals surface area contributed by atoms with Crippen molar-refractivity contribution in [1.29, 1.82) is 0 Å². The SMILES string of the molecule is CCF.CF.FCF.FCOF.FCOF.FCOF. The molecular weight excluding hydrogens is 322 g/mol. The highest BCUT2D eigenvalue weighted by Gasteiger charge is 1.63. The molecule has 13 heteroatoms. The first-order valence-corrected chi connectivity index (χ1v) is 4.02. The van der Waals surface area contributed by atoms with Crippen LogP contribution in [-0.4, -0.2) is 41.4 Å². The van der Waals surface area contributed by atoms with Gasteiger partial charge in [-0.1, -0.05) is 0 Å². The Bertz CT molecular complexity index is 59.3. The van der Waals surface area contributed by atoms with Gasteiger partial charge in [-0.25, -0.2) is 22.0 Å². The Hall–Kier alpha value is -0.820. The number of alkyl halides is 7. The fraction of sp³-hybridized carbons (Fsp3) is 1.00. The highest BCUT2D eigenvalue weighted by atomic mass is 19.3. The maximum atomic E-state index is 10.3. The molecule has 0 saturated carbocycles. The van der Waals surface area contributed by atoms with Gasteiger partial charge < -0.3 is 0 Å². The summed E-state index contributed by atoms with van der Waals surface area (Å²) in [6.45, 7) is -4.58. The van der Waals surface area contributed by atoms with Crippen LogP contribution in [0.2, 0.25) is 0 Å². The molecule has 0 unspecified atom stereocenters. The van der Waals surface area contributed by atoms with Crippen LogP contribution in [0.3, 0.4) is 0 Å². The Morgan fingerprint density at radius 3 is 0.650 bits per heavy atom. The van der Waals surface area contributed by atoms with E-state index in [0.29, 0.717) is 7.18 Å². The second-order valence-electron chi connectivity index (χ2n) is 1.02. The number of hydrogen-bond donors (Lipinski definition) is 0. The molecule has 0 aromatic rings. The topological polar surface area (TPSA) is 27.7 Å². The van der Waals surface area contributed by atoms with Crippen LogP contribution in [-0.2, 0) is 14.8 Å². The van der Waals surface area contributed by atoms with E-state index in [9.17, 15) is 44.3 Å². The van der Waals surface area contributed by atoms with Crippen LogP contribution in [0.1, 0.15) is 6.92 Å². The van der Waals surface area contributed by atoms with Crippen LogP contribution in [0.25, 0.3) is 0 Å². The molecule has 0 aliphatic heterocycles. The van der Waals surface area contributed by atoms with Gasteiger partial charge in [0.15, 0.2) is 0 Å². The molecule has 0 N–H and O–H groups in total. The van der Waals surface area contributed by atoms with Gasteiger partial charge in [-0.05, 0) is 20.5 Å². The molecule has 0 aliphatic rings.